The molecule has 0 fully saturated rings. The molecule has 0 aromatic rings. The van der Waals surface area contributed by atoms with Gasteiger partial charge in [-0.05, 0) is 43.6 Å². The average molecular weight is 477 g/mol. The first-order chi connectivity index (χ1) is 14.8. The van der Waals surface area contributed by atoms with Crippen molar-refractivity contribution in [3.63, 3.8) is 0 Å². The number of aliphatic hydroxyl groups excluding tert-OH is 1. The molecule has 0 aromatic heterocycles. The third-order valence-corrected chi connectivity index (χ3v) is 5.83. The summed E-state index contributed by atoms with van der Waals surface area (Å²) in [5, 5.41) is 26.7. The van der Waals surface area contributed by atoms with E-state index in [4.69, 9.17) is 5.73 Å². The maximum absolute atomic E-state index is 12.9. The predicted molar refractivity (Wildman–Crippen MR) is 125 cm³/mol. The van der Waals surface area contributed by atoms with E-state index in [0.717, 1.165) is 0 Å². The monoisotopic (exact) mass is 476 g/mol. The van der Waals surface area contributed by atoms with Gasteiger partial charge in [-0.2, -0.15) is 11.8 Å². The number of aliphatic carboxylic acids is 1. The maximum Gasteiger partial charge on any atom is 0.326 e. The molecule has 186 valence electrons. The van der Waals surface area contributed by atoms with Gasteiger partial charge < -0.3 is 31.9 Å². The van der Waals surface area contributed by atoms with Crippen molar-refractivity contribution in [3.05, 3.63) is 0 Å². The normalized spacial score (nSPS) is 16.9. The Morgan fingerprint density at radius 2 is 1.47 bits per heavy atom. The Labute approximate surface area is 194 Å². The van der Waals surface area contributed by atoms with E-state index >= 15 is 0 Å². The van der Waals surface area contributed by atoms with Crippen LogP contribution in [0, 0.1) is 11.8 Å². The molecule has 6 atom stereocenters. The van der Waals surface area contributed by atoms with Gasteiger partial charge in [-0.25, -0.2) is 4.79 Å². The van der Waals surface area contributed by atoms with Gasteiger partial charge in [0.2, 0.25) is 17.7 Å². The Morgan fingerprint density at radius 3 is 1.91 bits per heavy atom. The largest absolute Gasteiger partial charge is 0.480 e. The van der Waals surface area contributed by atoms with Crippen molar-refractivity contribution in [1.29, 1.82) is 0 Å². The Morgan fingerprint density at radius 1 is 0.938 bits per heavy atom. The molecule has 0 heterocycles. The summed E-state index contributed by atoms with van der Waals surface area (Å²) in [5.41, 5.74) is 5.66. The minimum absolute atomic E-state index is 0.0424. The Kier molecular flexibility index (Phi) is 14.2. The van der Waals surface area contributed by atoms with Gasteiger partial charge in [0.25, 0.3) is 0 Å². The molecule has 0 aliphatic carbocycles. The van der Waals surface area contributed by atoms with Crippen LogP contribution in [-0.4, -0.2) is 76.2 Å². The number of hydrogen-bond acceptors (Lipinski definition) is 7. The van der Waals surface area contributed by atoms with Crippen molar-refractivity contribution >= 4 is 35.5 Å². The molecular weight excluding hydrogens is 436 g/mol. The molecule has 7 N–H and O–H groups in total. The number of nitrogens with one attached hydrogen (secondary N) is 3. The quantitative estimate of drug-likeness (QED) is 0.193. The van der Waals surface area contributed by atoms with Crippen LogP contribution >= 0.6 is 11.8 Å². The van der Waals surface area contributed by atoms with E-state index in [1.165, 1.54) is 18.7 Å². The SMILES string of the molecule is CCC(C)C(NC(=O)C(CC(C)C)NC(=O)C(CCSC)NC(=O)C(N)C(C)O)C(=O)O. The average Bonchev–Trinajstić information content (AvgIpc) is 2.71. The number of amides is 3. The maximum atomic E-state index is 12.9. The van der Waals surface area contributed by atoms with Crippen LogP contribution in [0.5, 0.6) is 0 Å². The van der Waals surface area contributed by atoms with E-state index in [-0.39, 0.29) is 11.8 Å². The number of aliphatic hydroxyl groups is 1. The van der Waals surface area contributed by atoms with E-state index in [1.807, 2.05) is 27.0 Å². The van der Waals surface area contributed by atoms with E-state index < -0.39 is 54.0 Å². The van der Waals surface area contributed by atoms with E-state index in [9.17, 15) is 29.4 Å². The van der Waals surface area contributed by atoms with E-state index in [2.05, 4.69) is 16.0 Å². The highest BCUT2D eigenvalue weighted by Gasteiger charge is 2.32. The molecule has 0 aliphatic rings. The summed E-state index contributed by atoms with van der Waals surface area (Å²) in [6.45, 7) is 8.70. The van der Waals surface area contributed by atoms with Gasteiger partial charge >= 0.3 is 5.97 Å². The molecule has 0 rings (SSSR count). The Bertz CT molecular complexity index is 631. The summed E-state index contributed by atoms with van der Waals surface area (Å²) in [6, 6.07) is -4.18. The number of thioether (sulfide) groups is 1. The fraction of sp³-hybridized carbons (Fsp3) is 0.810. The molecule has 0 bridgehead atoms. The highest BCUT2D eigenvalue weighted by molar-refractivity contribution is 7.98. The zero-order valence-electron chi connectivity index (χ0n) is 19.9. The Balaban J connectivity index is 5.51. The van der Waals surface area contributed by atoms with E-state index in [1.54, 1.807) is 6.92 Å². The second-order valence-corrected chi connectivity index (χ2v) is 9.50. The molecular formula is C21H40N4O6S. The van der Waals surface area contributed by atoms with Crippen LogP contribution in [0.2, 0.25) is 0 Å². The summed E-state index contributed by atoms with van der Waals surface area (Å²) in [7, 11) is 0. The number of carbonyl (C=O) groups is 4. The van der Waals surface area contributed by atoms with Crippen LogP contribution in [0.15, 0.2) is 0 Å². The fourth-order valence-electron chi connectivity index (χ4n) is 2.90. The van der Waals surface area contributed by atoms with Crippen LogP contribution in [0.1, 0.15) is 53.9 Å². The van der Waals surface area contributed by atoms with Crippen LogP contribution in [-0.2, 0) is 19.2 Å². The molecule has 0 saturated heterocycles. The molecule has 0 spiro atoms. The van der Waals surface area contributed by atoms with Gasteiger partial charge in [0.05, 0.1) is 6.10 Å². The summed E-state index contributed by atoms with van der Waals surface area (Å²) in [6.07, 6.45) is 1.92. The van der Waals surface area contributed by atoms with Crippen LogP contribution in [0.4, 0.5) is 0 Å². The van der Waals surface area contributed by atoms with E-state index in [0.29, 0.717) is 25.0 Å². The van der Waals surface area contributed by atoms with Crippen LogP contribution < -0.4 is 21.7 Å². The lowest BCUT2D eigenvalue weighted by atomic mass is 9.97. The first-order valence-electron chi connectivity index (χ1n) is 10.9. The van der Waals surface area contributed by atoms with Gasteiger partial charge in [-0.3, -0.25) is 14.4 Å². The topological polar surface area (TPSA) is 171 Å². The Hall–Kier alpha value is -1.85. The number of nitrogens with two attached hydrogens (primary N) is 1. The zero-order chi connectivity index (χ0) is 25.0. The molecule has 6 unspecified atom stereocenters. The van der Waals surface area contributed by atoms with Crippen LogP contribution in [0.3, 0.4) is 0 Å². The standard InChI is InChI=1S/C21H40N4O6S/c1-7-12(4)17(21(30)31)25-19(28)15(10-11(2)3)24-18(27)14(8-9-32-6)23-20(29)16(22)13(5)26/h11-17,26H,7-10,22H2,1-6H3,(H,23,29)(H,24,27)(H,25,28)(H,30,31). The first kappa shape index (κ1) is 30.1. The third-order valence-electron chi connectivity index (χ3n) is 5.18. The van der Waals surface area contributed by atoms with Crippen molar-refractivity contribution in [3.8, 4) is 0 Å². The fourth-order valence-corrected chi connectivity index (χ4v) is 3.38. The lowest BCUT2D eigenvalue weighted by molar-refractivity contribution is -0.144. The minimum Gasteiger partial charge on any atom is -0.480 e. The van der Waals surface area contributed by atoms with Crippen molar-refractivity contribution in [1.82, 2.24) is 16.0 Å². The summed E-state index contributed by atoms with van der Waals surface area (Å²) < 4.78 is 0. The number of rotatable bonds is 15. The van der Waals surface area contributed by atoms with Crippen molar-refractivity contribution in [2.24, 2.45) is 17.6 Å². The lowest BCUT2D eigenvalue weighted by Gasteiger charge is -2.27. The van der Waals surface area contributed by atoms with Gasteiger partial charge in [-0.15, -0.1) is 0 Å². The van der Waals surface area contributed by atoms with Gasteiger partial charge in [-0.1, -0.05) is 34.1 Å². The number of carboxylic acids is 1. The molecule has 10 nitrogen and oxygen atoms in total. The first-order valence-corrected chi connectivity index (χ1v) is 12.3. The highest BCUT2D eigenvalue weighted by Crippen LogP contribution is 2.11. The molecule has 0 radical (unpaired) electrons. The molecule has 3 amide bonds. The second-order valence-electron chi connectivity index (χ2n) is 8.51. The van der Waals surface area contributed by atoms with Gasteiger partial charge in [0.15, 0.2) is 0 Å². The van der Waals surface area contributed by atoms with Crippen molar-refractivity contribution < 1.29 is 29.4 Å². The second kappa shape index (κ2) is 15.1. The molecule has 11 heteroatoms. The number of carboxylic acid groups (broad SMARTS) is 1. The van der Waals surface area contributed by atoms with Crippen molar-refractivity contribution in [2.45, 2.75) is 84.2 Å². The summed E-state index contributed by atoms with van der Waals surface area (Å²) in [4.78, 5) is 49.7. The highest BCUT2D eigenvalue weighted by atomic mass is 32.2. The van der Waals surface area contributed by atoms with Gasteiger partial charge in [0.1, 0.15) is 24.2 Å². The smallest absolute Gasteiger partial charge is 0.326 e. The minimum atomic E-state index is -1.19. The molecule has 32 heavy (non-hydrogen) atoms. The van der Waals surface area contributed by atoms with Gasteiger partial charge in [0, 0.05) is 0 Å². The summed E-state index contributed by atoms with van der Waals surface area (Å²) in [5.74, 6) is -2.65. The zero-order valence-corrected chi connectivity index (χ0v) is 20.7. The number of carbonyl (C=O) groups excluding carboxylic acids is 3. The van der Waals surface area contributed by atoms with Crippen LogP contribution in [0.25, 0.3) is 0 Å². The van der Waals surface area contributed by atoms with Crippen molar-refractivity contribution in [2.75, 3.05) is 12.0 Å². The molecule has 0 aliphatic heterocycles. The number of hydrogen-bond donors (Lipinski definition) is 6. The predicted octanol–water partition coefficient (Wildman–Crippen LogP) is 0.0788. The molecule has 0 aromatic carbocycles. The lowest BCUT2D eigenvalue weighted by Crippen LogP contribution is -2.58. The third kappa shape index (κ3) is 10.6. The summed E-state index contributed by atoms with van der Waals surface area (Å²) >= 11 is 1.49. The molecule has 0 saturated carbocycles.